The van der Waals surface area contributed by atoms with Gasteiger partial charge in [0.1, 0.15) is 11.6 Å². The predicted molar refractivity (Wildman–Crippen MR) is 160 cm³/mol. The van der Waals surface area contributed by atoms with Gasteiger partial charge in [-0.1, -0.05) is 72.8 Å². The zero-order valence-corrected chi connectivity index (χ0v) is 23.1. The van der Waals surface area contributed by atoms with Crippen LogP contribution in [-0.2, 0) is 4.79 Å². The van der Waals surface area contributed by atoms with Gasteiger partial charge in [0, 0.05) is 11.1 Å². The van der Waals surface area contributed by atoms with Crippen LogP contribution in [0.1, 0.15) is 22.8 Å². The molecule has 0 aliphatic heterocycles. The van der Waals surface area contributed by atoms with Crippen molar-refractivity contribution >= 4 is 61.1 Å². The highest BCUT2D eigenvalue weighted by molar-refractivity contribution is 9.10. The largest absolute Gasteiger partial charge is 0.490 e. The molecule has 1 amide bonds. The number of nitriles is 1. The van der Waals surface area contributed by atoms with Gasteiger partial charge in [-0.15, -0.1) is 0 Å². The van der Waals surface area contributed by atoms with Crippen molar-refractivity contribution in [3.05, 3.63) is 118 Å². The maximum absolute atomic E-state index is 13.2. The van der Waals surface area contributed by atoms with Crippen LogP contribution in [0.5, 0.6) is 11.5 Å². The lowest BCUT2D eigenvalue weighted by atomic mass is 10.0. The first kappa shape index (κ1) is 26.7. The van der Waals surface area contributed by atoms with E-state index in [2.05, 4.69) is 21.2 Å². The Bertz CT molecular complexity index is 1830. The molecule has 0 radical (unpaired) electrons. The highest BCUT2D eigenvalue weighted by Gasteiger charge is 2.19. The number of nitrogens with one attached hydrogen (secondary N) is 1. The molecular formula is C33H23BrN2O4. The van der Waals surface area contributed by atoms with Crippen molar-refractivity contribution in [1.82, 2.24) is 0 Å². The monoisotopic (exact) mass is 590 g/mol. The number of nitrogens with zero attached hydrogens (tertiary/aromatic N) is 1. The van der Waals surface area contributed by atoms with Gasteiger partial charge in [-0.2, -0.15) is 5.26 Å². The fraction of sp³-hybridized carbons (Fsp3) is 0.0606. The number of ether oxygens (including phenoxy) is 2. The molecule has 5 aromatic rings. The molecule has 0 spiro atoms. The molecule has 196 valence electrons. The molecule has 0 saturated heterocycles. The zero-order valence-electron chi connectivity index (χ0n) is 21.5. The summed E-state index contributed by atoms with van der Waals surface area (Å²) < 4.78 is 12.0. The standard InChI is InChI=1S/C33H23BrN2O4/c1-2-39-30-19-21(17-24(20-35)32(37)36-29-16-8-12-23-10-4-6-14-26(23)29)18-28(34)31(30)40-33(38)27-15-7-11-22-9-3-5-13-25(22)27/h3-19H,2H2,1H3,(H,36,37)/b24-17+. The second kappa shape index (κ2) is 11.9. The van der Waals surface area contributed by atoms with Crippen LogP contribution in [-0.4, -0.2) is 18.5 Å². The van der Waals surface area contributed by atoms with Gasteiger partial charge >= 0.3 is 5.97 Å². The average molecular weight is 591 g/mol. The Morgan fingerprint density at radius 3 is 2.27 bits per heavy atom. The molecule has 40 heavy (non-hydrogen) atoms. The van der Waals surface area contributed by atoms with E-state index in [0.29, 0.717) is 33.6 Å². The molecular weight excluding hydrogens is 568 g/mol. The summed E-state index contributed by atoms with van der Waals surface area (Å²) in [7, 11) is 0. The van der Waals surface area contributed by atoms with Crippen LogP contribution < -0.4 is 14.8 Å². The van der Waals surface area contributed by atoms with E-state index >= 15 is 0 Å². The number of carbonyl (C=O) groups excluding carboxylic acids is 2. The average Bonchev–Trinajstić information content (AvgIpc) is 2.97. The summed E-state index contributed by atoms with van der Waals surface area (Å²) in [6, 6.07) is 31.5. The molecule has 5 rings (SSSR count). The van der Waals surface area contributed by atoms with Crippen LogP contribution >= 0.6 is 15.9 Å². The smallest absolute Gasteiger partial charge is 0.344 e. The fourth-order valence-corrected chi connectivity index (χ4v) is 4.96. The Morgan fingerprint density at radius 1 is 0.900 bits per heavy atom. The zero-order chi connectivity index (χ0) is 28.1. The second-order valence-electron chi connectivity index (χ2n) is 8.83. The molecule has 0 aliphatic carbocycles. The quantitative estimate of drug-likeness (QED) is 0.0899. The van der Waals surface area contributed by atoms with Gasteiger partial charge in [0.15, 0.2) is 11.5 Å². The first-order valence-corrected chi connectivity index (χ1v) is 13.3. The molecule has 0 aliphatic rings. The van der Waals surface area contributed by atoms with Crippen LogP contribution in [0.15, 0.2) is 107 Å². The number of halogens is 1. The topological polar surface area (TPSA) is 88.4 Å². The Kier molecular flexibility index (Phi) is 7.90. The minimum atomic E-state index is -0.542. The number of hydrogen-bond donors (Lipinski definition) is 1. The Balaban J connectivity index is 1.44. The highest BCUT2D eigenvalue weighted by atomic mass is 79.9. The van der Waals surface area contributed by atoms with E-state index in [1.54, 1.807) is 30.3 Å². The van der Waals surface area contributed by atoms with E-state index in [1.165, 1.54) is 6.08 Å². The first-order chi connectivity index (χ1) is 19.5. The van der Waals surface area contributed by atoms with Gasteiger partial charge in [0.25, 0.3) is 5.91 Å². The van der Waals surface area contributed by atoms with Crippen LogP contribution in [0.2, 0.25) is 0 Å². The fourth-order valence-electron chi connectivity index (χ4n) is 4.42. The molecule has 0 aromatic heterocycles. The van der Waals surface area contributed by atoms with Crippen LogP contribution in [0.4, 0.5) is 5.69 Å². The molecule has 5 aromatic carbocycles. The molecule has 7 heteroatoms. The van der Waals surface area contributed by atoms with Gasteiger partial charge in [-0.3, -0.25) is 4.79 Å². The van der Waals surface area contributed by atoms with Gasteiger partial charge in [0.2, 0.25) is 0 Å². The van der Waals surface area contributed by atoms with E-state index in [4.69, 9.17) is 9.47 Å². The van der Waals surface area contributed by atoms with Crippen molar-refractivity contribution in [2.75, 3.05) is 11.9 Å². The number of amides is 1. The van der Waals surface area contributed by atoms with Crippen molar-refractivity contribution in [3.8, 4) is 17.6 Å². The van der Waals surface area contributed by atoms with E-state index < -0.39 is 11.9 Å². The number of benzene rings is 5. The van der Waals surface area contributed by atoms with Gasteiger partial charge in [-0.05, 0) is 74.9 Å². The third kappa shape index (κ3) is 5.58. The number of carbonyl (C=O) groups is 2. The molecule has 0 bridgehead atoms. The lowest BCUT2D eigenvalue weighted by Crippen LogP contribution is -2.13. The summed E-state index contributed by atoms with van der Waals surface area (Å²) in [4.78, 5) is 26.2. The van der Waals surface area contributed by atoms with E-state index in [9.17, 15) is 14.9 Å². The maximum Gasteiger partial charge on any atom is 0.344 e. The minimum Gasteiger partial charge on any atom is -0.490 e. The minimum absolute atomic E-state index is 0.0946. The number of fused-ring (bicyclic) bond motifs is 2. The number of rotatable bonds is 7. The Labute approximate surface area is 239 Å². The lowest BCUT2D eigenvalue weighted by Gasteiger charge is -2.14. The normalized spacial score (nSPS) is 11.2. The molecule has 0 saturated carbocycles. The van der Waals surface area contributed by atoms with Crippen molar-refractivity contribution in [1.29, 1.82) is 5.26 Å². The molecule has 1 N–H and O–H groups in total. The van der Waals surface area contributed by atoms with Crippen LogP contribution in [0, 0.1) is 11.3 Å². The summed E-state index contributed by atoms with van der Waals surface area (Å²) in [5.74, 6) is -0.576. The highest BCUT2D eigenvalue weighted by Crippen LogP contribution is 2.38. The summed E-state index contributed by atoms with van der Waals surface area (Å²) in [5, 5.41) is 16.2. The number of esters is 1. The molecule has 0 atom stereocenters. The SMILES string of the molecule is CCOc1cc(/C=C(\C#N)C(=O)Nc2cccc3ccccc23)cc(Br)c1OC(=O)c1cccc2ccccc12. The van der Waals surface area contributed by atoms with E-state index in [1.807, 2.05) is 79.7 Å². The third-order valence-corrected chi connectivity index (χ3v) is 6.84. The predicted octanol–water partition coefficient (Wildman–Crippen LogP) is 7.92. The van der Waals surface area contributed by atoms with Crippen molar-refractivity contribution < 1.29 is 19.1 Å². The van der Waals surface area contributed by atoms with Crippen LogP contribution in [0.25, 0.3) is 27.6 Å². The van der Waals surface area contributed by atoms with Crippen molar-refractivity contribution in [2.45, 2.75) is 6.92 Å². The molecule has 6 nitrogen and oxygen atoms in total. The first-order valence-electron chi connectivity index (χ1n) is 12.6. The van der Waals surface area contributed by atoms with Gasteiger partial charge < -0.3 is 14.8 Å². The molecule has 0 unspecified atom stereocenters. The van der Waals surface area contributed by atoms with Gasteiger partial charge in [-0.25, -0.2) is 4.79 Å². The summed E-state index contributed by atoms with van der Waals surface area (Å²) in [6.07, 6.45) is 1.46. The second-order valence-corrected chi connectivity index (χ2v) is 9.68. The number of hydrogen-bond acceptors (Lipinski definition) is 5. The Morgan fingerprint density at radius 2 is 1.55 bits per heavy atom. The Hall–Kier alpha value is -4.93. The summed E-state index contributed by atoms with van der Waals surface area (Å²) in [6.45, 7) is 2.12. The maximum atomic E-state index is 13.2. The van der Waals surface area contributed by atoms with Crippen molar-refractivity contribution in [3.63, 3.8) is 0 Å². The molecule has 0 fully saturated rings. The van der Waals surface area contributed by atoms with Crippen molar-refractivity contribution in [2.24, 2.45) is 0 Å². The van der Waals surface area contributed by atoms with Gasteiger partial charge in [0.05, 0.1) is 16.6 Å². The number of anilines is 1. The van der Waals surface area contributed by atoms with Crippen LogP contribution in [0.3, 0.4) is 0 Å². The lowest BCUT2D eigenvalue weighted by molar-refractivity contribution is -0.112. The summed E-state index contributed by atoms with van der Waals surface area (Å²) >= 11 is 3.48. The van der Waals surface area contributed by atoms with E-state index in [0.717, 1.165) is 21.5 Å². The molecule has 0 heterocycles. The van der Waals surface area contributed by atoms with E-state index in [-0.39, 0.29) is 11.3 Å². The summed E-state index contributed by atoms with van der Waals surface area (Å²) in [5.41, 5.74) is 1.46. The third-order valence-electron chi connectivity index (χ3n) is 6.25.